The van der Waals surface area contributed by atoms with Crippen molar-refractivity contribution in [2.24, 2.45) is 0 Å². The van der Waals surface area contributed by atoms with E-state index in [0.717, 1.165) is 30.8 Å². The predicted molar refractivity (Wildman–Crippen MR) is 130 cm³/mol. The summed E-state index contributed by atoms with van der Waals surface area (Å²) in [7, 11) is 0. The number of benzene rings is 1. The summed E-state index contributed by atoms with van der Waals surface area (Å²) in [6.45, 7) is 6.31. The number of carboxylic acid groups (broad SMARTS) is 1. The molecule has 0 saturated carbocycles. The maximum Gasteiger partial charge on any atom is 0.317 e. The highest BCUT2D eigenvalue weighted by molar-refractivity contribution is 5.91. The average molecular weight is 479 g/mol. The Morgan fingerprint density at radius 1 is 1.23 bits per heavy atom. The molecule has 184 valence electrons. The fraction of sp³-hybridized carbons (Fsp3) is 0.440. The lowest BCUT2D eigenvalue weighted by molar-refractivity contribution is -0.138. The van der Waals surface area contributed by atoms with E-state index in [4.69, 9.17) is 5.11 Å². The van der Waals surface area contributed by atoms with Crippen LogP contribution in [0.4, 0.5) is 5.69 Å². The van der Waals surface area contributed by atoms with Gasteiger partial charge in [0.25, 0.3) is 5.91 Å². The zero-order valence-corrected chi connectivity index (χ0v) is 19.9. The van der Waals surface area contributed by atoms with E-state index >= 15 is 0 Å². The van der Waals surface area contributed by atoms with Crippen molar-refractivity contribution in [3.05, 3.63) is 59.5 Å². The van der Waals surface area contributed by atoms with Crippen molar-refractivity contribution >= 4 is 23.2 Å². The minimum atomic E-state index is -0.973. The molecule has 2 aromatic heterocycles. The highest BCUT2D eigenvalue weighted by Gasteiger charge is 2.36. The van der Waals surface area contributed by atoms with Crippen molar-refractivity contribution in [1.29, 1.82) is 0 Å². The number of hydrogen-bond acceptors (Lipinski definition) is 7. The van der Waals surface area contributed by atoms with Gasteiger partial charge >= 0.3 is 5.97 Å². The Bertz CT molecular complexity index is 1260. The molecule has 1 aromatic carbocycles. The number of nitrogens with one attached hydrogen (secondary N) is 1. The third-order valence-electron chi connectivity index (χ3n) is 7.16. The van der Waals surface area contributed by atoms with Gasteiger partial charge in [-0.1, -0.05) is 37.3 Å². The third kappa shape index (κ3) is 4.59. The van der Waals surface area contributed by atoms with Crippen molar-refractivity contribution in [3.8, 4) is 0 Å². The lowest BCUT2D eigenvalue weighted by Gasteiger charge is -2.26. The van der Waals surface area contributed by atoms with Crippen LogP contribution in [0.5, 0.6) is 0 Å². The minimum absolute atomic E-state index is 0.0182. The Balaban J connectivity index is 1.32. The molecule has 2 saturated heterocycles. The third-order valence-corrected chi connectivity index (χ3v) is 7.16. The summed E-state index contributed by atoms with van der Waals surface area (Å²) in [6, 6.07) is 12.1. The normalized spacial score (nSPS) is 24.8. The van der Waals surface area contributed by atoms with E-state index < -0.39 is 24.0 Å². The summed E-state index contributed by atoms with van der Waals surface area (Å²) in [4.78, 5) is 32.1. The smallest absolute Gasteiger partial charge is 0.317 e. The maximum atomic E-state index is 12.8. The number of β-amino-alcohol motifs (C(OH)–C–C–N with tert-alkyl or cyclic N) is 1. The van der Waals surface area contributed by atoms with E-state index in [1.54, 1.807) is 9.42 Å². The molecule has 0 aliphatic carbocycles. The number of carbonyl (C=O) groups excluding carboxylic acids is 1. The molecule has 3 N–H and O–H groups in total. The van der Waals surface area contributed by atoms with E-state index in [1.807, 2.05) is 19.2 Å². The lowest BCUT2D eigenvalue weighted by atomic mass is 9.82. The number of aryl methyl sites for hydroxylation is 1. The lowest BCUT2D eigenvalue weighted by Crippen LogP contribution is -2.43. The molecule has 10 nitrogen and oxygen atoms in total. The molecule has 5 rings (SSSR count). The predicted octanol–water partition coefficient (Wildman–Crippen LogP) is 1.07. The van der Waals surface area contributed by atoms with E-state index in [2.05, 4.69) is 57.6 Å². The molecule has 2 fully saturated rings. The molecule has 10 heteroatoms. The van der Waals surface area contributed by atoms with Crippen LogP contribution >= 0.6 is 0 Å². The van der Waals surface area contributed by atoms with Crippen LogP contribution in [0.1, 0.15) is 35.1 Å². The van der Waals surface area contributed by atoms with Crippen LogP contribution in [-0.4, -0.2) is 86.5 Å². The summed E-state index contributed by atoms with van der Waals surface area (Å²) >= 11 is 0. The van der Waals surface area contributed by atoms with Gasteiger partial charge < -0.3 is 20.4 Å². The van der Waals surface area contributed by atoms with Gasteiger partial charge in [-0.05, 0) is 30.5 Å². The van der Waals surface area contributed by atoms with E-state index in [-0.39, 0.29) is 30.9 Å². The fourth-order valence-corrected chi connectivity index (χ4v) is 5.22. The highest BCUT2D eigenvalue weighted by atomic mass is 16.4. The number of aliphatic hydroxyl groups excluding tert-OH is 1. The Hall–Kier alpha value is -3.50. The molecule has 4 heterocycles. The number of amides is 1. The van der Waals surface area contributed by atoms with Crippen molar-refractivity contribution in [1.82, 2.24) is 24.8 Å². The van der Waals surface area contributed by atoms with Gasteiger partial charge in [-0.2, -0.15) is 0 Å². The monoisotopic (exact) mass is 478 g/mol. The molecule has 0 radical (unpaired) electrons. The van der Waals surface area contributed by atoms with Crippen molar-refractivity contribution in [2.45, 2.75) is 37.8 Å². The van der Waals surface area contributed by atoms with E-state index in [9.17, 15) is 14.7 Å². The first kappa shape index (κ1) is 23.3. The number of hydrogen-bond donors (Lipinski definition) is 3. The quantitative estimate of drug-likeness (QED) is 0.481. The van der Waals surface area contributed by atoms with Gasteiger partial charge in [-0.25, -0.2) is 9.50 Å². The minimum Gasteiger partial charge on any atom is -0.480 e. The van der Waals surface area contributed by atoms with E-state index in [0.29, 0.717) is 5.65 Å². The number of fused-ring (bicyclic) bond motifs is 1. The first-order chi connectivity index (χ1) is 16.7. The summed E-state index contributed by atoms with van der Waals surface area (Å²) in [5.74, 6) is -1.45. The Kier molecular flexibility index (Phi) is 5.94. The summed E-state index contributed by atoms with van der Waals surface area (Å²) in [5.41, 5.74) is 3.94. The van der Waals surface area contributed by atoms with Gasteiger partial charge in [0, 0.05) is 31.6 Å². The van der Waals surface area contributed by atoms with Gasteiger partial charge in [0.2, 0.25) is 5.82 Å². The fourth-order valence-electron chi connectivity index (χ4n) is 5.22. The van der Waals surface area contributed by atoms with Gasteiger partial charge in [0.15, 0.2) is 5.65 Å². The number of likely N-dealkylation sites (tertiary alicyclic amines) is 1. The van der Waals surface area contributed by atoms with Crippen LogP contribution in [0, 0.1) is 6.92 Å². The standard InChI is InChI=1S/C25H30N6O4/c1-16-10-18(30-9-8-25(2,15-30)17-6-4-3-5-7-17)11-31-23(16)27-22(28-31)24(35)26-19-12-29(13-20(19)32)14-21(33)34/h3-7,10-11,19-20,32H,8-9,12-15H2,1-2H3,(H,26,35)(H,33,34)/t19?,20?,25-/m0/s1. The van der Waals surface area contributed by atoms with Crippen LogP contribution in [-0.2, 0) is 10.2 Å². The van der Waals surface area contributed by atoms with Crippen LogP contribution in [0.25, 0.3) is 5.65 Å². The molecule has 3 atom stereocenters. The van der Waals surface area contributed by atoms with E-state index in [1.165, 1.54) is 5.56 Å². The molecular formula is C25H30N6O4. The van der Waals surface area contributed by atoms with Gasteiger partial charge in [-0.15, -0.1) is 5.10 Å². The summed E-state index contributed by atoms with van der Waals surface area (Å²) in [6.07, 6.45) is 2.10. The van der Waals surface area contributed by atoms with Crippen LogP contribution in [0.2, 0.25) is 0 Å². The van der Waals surface area contributed by atoms with Crippen LogP contribution in [0.15, 0.2) is 42.6 Å². The number of carboxylic acids is 1. The maximum absolute atomic E-state index is 12.8. The van der Waals surface area contributed by atoms with Crippen molar-refractivity contribution in [3.63, 3.8) is 0 Å². The second kappa shape index (κ2) is 8.94. The molecular weight excluding hydrogens is 448 g/mol. The molecule has 0 spiro atoms. The first-order valence-corrected chi connectivity index (χ1v) is 11.8. The number of aromatic nitrogens is 3. The number of pyridine rings is 1. The van der Waals surface area contributed by atoms with Crippen LogP contribution < -0.4 is 10.2 Å². The Labute approximate surface area is 203 Å². The summed E-state index contributed by atoms with van der Waals surface area (Å²) in [5, 5.41) is 26.4. The number of anilines is 1. The molecule has 2 unspecified atom stereocenters. The highest BCUT2D eigenvalue weighted by Crippen LogP contribution is 2.36. The SMILES string of the molecule is Cc1cc(N2CC[C@](C)(c3ccccc3)C2)cn2nc(C(=O)NC3CN(CC(=O)O)CC3O)nc12. The number of carbonyl (C=O) groups is 2. The zero-order chi connectivity index (χ0) is 24.7. The molecule has 2 aliphatic rings. The topological polar surface area (TPSA) is 123 Å². The van der Waals surface area contributed by atoms with Crippen molar-refractivity contribution in [2.75, 3.05) is 37.6 Å². The van der Waals surface area contributed by atoms with Gasteiger partial charge in [-0.3, -0.25) is 14.5 Å². The second-order valence-corrected chi connectivity index (χ2v) is 9.92. The molecule has 1 amide bonds. The largest absolute Gasteiger partial charge is 0.480 e. The molecule has 2 aliphatic heterocycles. The second-order valence-electron chi connectivity index (χ2n) is 9.92. The Morgan fingerprint density at radius 3 is 2.74 bits per heavy atom. The summed E-state index contributed by atoms with van der Waals surface area (Å²) < 4.78 is 1.64. The number of aliphatic hydroxyl groups is 1. The first-order valence-electron chi connectivity index (χ1n) is 11.8. The molecule has 3 aromatic rings. The average Bonchev–Trinajstić information content (AvgIpc) is 3.52. The van der Waals surface area contributed by atoms with Crippen molar-refractivity contribution < 1.29 is 19.8 Å². The Morgan fingerprint density at radius 2 is 2.00 bits per heavy atom. The molecule has 35 heavy (non-hydrogen) atoms. The number of nitrogens with zero attached hydrogens (tertiary/aromatic N) is 5. The molecule has 0 bridgehead atoms. The number of rotatable bonds is 6. The van der Waals surface area contributed by atoms with Gasteiger partial charge in [0.05, 0.1) is 30.6 Å². The zero-order valence-electron chi connectivity index (χ0n) is 19.9. The van der Waals surface area contributed by atoms with Gasteiger partial charge in [0.1, 0.15) is 0 Å². The number of aliphatic carboxylic acids is 1. The van der Waals surface area contributed by atoms with Crippen LogP contribution in [0.3, 0.4) is 0 Å².